The van der Waals surface area contributed by atoms with Gasteiger partial charge in [-0.1, -0.05) is 0 Å². The highest BCUT2D eigenvalue weighted by atomic mass is 32.1. The molecule has 0 radical (unpaired) electrons. The van der Waals surface area contributed by atoms with Gasteiger partial charge >= 0.3 is 5.23 Å². The number of rotatable bonds is 0. The average molecular weight is 75.1 g/mol. The molecule has 0 aromatic heterocycles. The van der Waals surface area contributed by atoms with E-state index in [-0.39, 0.29) is 0 Å². The number of thiocarbonyl (C=S) groups is 1. The predicted molar refractivity (Wildman–Crippen MR) is 19.2 cm³/mol. The lowest BCUT2D eigenvalue weighted by molar-refractivity contribution is 0.191. The van der Waals surface area contributed by atoms with E-state index in [1.165, 1.54) is 7.11 Å². The summed E-state index contributed by atoms with van der Waals surface area (Å²) in [6.07, 6.45) is 0. The Balaban J connectivity index is 3.11. The molecule has 0 N–H and O–H groups in total. The Kier molecular flexibility index (Phi) is 2.66. The van der Waals surface area contributed by atoms with Crippen LogP contribution in [0.15, 0.2) is 0 Å². The summed E-state index contributed by atoms with van der Waals surface area (Å²) >= 11 is 4.08. The van der Waals surface area contributed by atoms with Crippen molar-refractivity contribution in [3.8, 4) is 0 Å². The molecule has 0 saturated heterocycles. The minimum atomic E-state index is 1.47. The first-order chi connectivity index (χ1) is 1.91. The second kappa shape index (κ2) is 2.80. The summed E-state index contributed by atoms with van der Waals surface area (Å²) in [5.41, 5.74) is 0. The van der Waals surface area contributed by atoms with E-state index < -0.39 is 0 Å². The first-order valence-electron chi connectivity index (χ1n) is 0.816. The fraction of sp³-hybridized carbons (Fsp3) is 0.500. The van der Waals surface area contributed by atoms with Crippen LogP contribution in [0.3, 0.4) is 0 Å². The largest absolute Gasteiger partial charge is 0.427 e. The lowest BCUT2D eigenvalue weighted by Gasteiger charge is -1.24. The first-order valence-corrected chi connectivity index (χ1v) is 1.22. The number of hydrogen-bond donors (Lipinski definition) is 0. The van der Waals surface area contributed by atoms with Crippen LogP contribution in [0.2, 0.25) is 0 Å². The molecule has 0 aliphatic carbocycles. The van der Waals surface area contributed by atoms with Crippen LogP contribution in [-0.2, 0) is 4.42 Å². The van der Waals surface area contributed by atoms with Crippen molar-refractivity contribution in [2.75, 3.05) is 7.11 Å². The van der Waals surface area contributed by atoms with Crippen molar-refractivity contribution < 1.29 is 4.42 Å². The summed E-state index contributed by atoms with van der Waals surface area (Å²) in [5.74, 6) is 0. The van der Waals surface area contributed by atoms with Crippen molar-refractivity contribution in [2.45, 2.75) is 0 Å². The number of hydrogen-bond acceptors (Lipinski definition) is 1. The highest BCUT2D eigenvalue weighted by molar-refractivity contribution is 7.78. The van der Waals surface area contributed by atoms with Crippen molar-refractivity contribution in [2.24, 2.45) is 0 Å². The fourth-order valence-electron chi connectivity index (χ4n) is 0. The summed E-state index contributed by atoms with van der Waals surface area (Å²) in [7, 11) is 1.47. The Morgan fingerprint density at radius 3 is 2.25 bits per heavy atom. The van der Waals surface area contributed by atoms with Crippen LogP contribution < -0.4 is 0 Å². The molecule has 0 heterocycles. The Bertz CT molecular complexity index is 44.0. The lowest BCUT2D eigenvalue weighted by Crippen LogP contribution is -1.45. The second-order valence-corrected chi connectivity index (χ2v) is 0.454. The molecule has 0 aliphatic rings. The van der Waals surface area contributed by atoms with Gasteiger partial charge in [0.15, 0.2) is 0 Å². The van der Waals surface area contributed by atoms with E-state index >= 15 is 0 Å². The van der Waals surface area contributed by atoms with Crippen LogP contribution in [-0.4, -0.2) is 12.3 Å². The van der Waals surface area contributed by atoms with Gasteiger partial charge in [0.05, 0.1) is 12.2 Å². The maximum atomic E-state index is 4.11. The van der Waals surface area contributed by atoms with E-state index in [1.54, 1.807) is 0 Å². The van der Waals surface area contributed by atoms with Crippen LogP contribution in [0.25, 0.3) is 0 Å². The van der Waals surface area contributed by atoms with Gasteiger partial charge in [-0.15, -0.1) is 0 Å². The van der Waals surface area contributed by atoms with Crippen LogP contribution in [0, 0.1) is 0 Å². The first kappa shape index (κ1) is 3.80. The third-order valence-electron chi connectivity index (χ3n) is 0.0833. The van der Waals surface area contributed by atoms with E-state index in [0.29, 0.717) is 0 Å². The normalized spacial score (nSPS) is 4.25. The van der Waals surface area contributed by atoms with Crippen molar-refractivity contribution in [1.29, 1.82) is 0 Å². The molecule has 0 atom stereocenters. The quantitative estimate of drug-likeness (QED) is 0.300. The molecule has 0 aliphatic heterocycles. The fourth-order valence-corrected chi connectivity index (χ4v) is 0. The molecule has 0 bridgehead atoms. The summed E-state index contributed by atoms with van der Waals surface area (Å²) in [4.78, 5) is 0. The smallest absolute Gasteiger partial charge is 0.195 e. The molecule has 0 unspecified atom stereocenters. The SMILES string of the molecule is C[O+]=C=S. The molecule has 0 amide bonds. The maximum absolute atomic E-state index is 4.11. The van der Waals surface area contributed by atoms with Crippen molar-refractivity contribution in [3.63, 3.8) is 0 Å². The molecule has 4 heavy (non-hydrogen) atoms. The van der Waals surface area contributed by atoms with Gasteiger partial charge in [-0.2, -0.15) is 4.42 Å². The monoisotopic (exact) mass is 75.0 g/mol. The molecular formula is C2H3OS+. The van der Waals surface area contributed by atoms with Gasteiger partial charge in [0.2, 0.25) is 0 Å². The third-order valence-corrected chi connectivity index (χ3v) is 0.250. The molecule has 0 fully saturated rings. The van der Waals surface area contributed by atoms with Crippen LogP contribution in [0.1, 0.15) is 0 Å². The zero-order valence-electron chi connectivity index (χ0n) is 2.32. The van der Waals surface area contributed by atoms with Crippen molar-refractivity contribution in [3.05, 3.63) is 0 Å². The maximum Gasteiger partial charge on any atom is 0.427 e. The molecule has 2 heteroatoms. The molecule has 22 valence electrons. The van der Waals surface area contributed by atoms with Gasteiger partial charge in [-0.3, -0.25) is 0 Å². The van der Waals surface area contributed by atoms with E-state index in [2.05, 4.69) is 16.6 Å². The minimum Gasteiger partial charge on any atom is -0.195 e. The van der Waals surface area contributed by atoms with Gasteiger partial charge in [0.25, 0.3) is 7.11 Å². The molecule has 0 aromatic rings. The van der Waals surface area contributed by atoms with Gasteiger partial charge in [0.1, 0.15) is 0 Å². The van der Waals surface area contributed by atoms with E-state index in [4.69, 9.17) is 0 Å². The van der Waals surface area contributed by atoms with Gasteiger partial charge < -0.3 is 0 Å². The lowest BCUT2D eigenvalue weighted by atomic mass is 11.7. The molecule has 0 spiro atoms. The average Bonchev–Trinajstić information content (AvgIpc) is 1.37. The van der Waals surface area contributed by atoms with E-state index in [9.17, 15) is 0 Å². The summed E-state index contributed by atoms with van der Waals surface area (Å²) < 4.78 is 4.11. The topological polar surface area (TPSA) is 11.3 Å². The van der Waals surface area contributed by atoms with Crippen LogP contribution >= 0.6 is 12.2 Å². The Morgan fingerprint density at radius 1 is 2.00 bits per heavy atom. The van der Waals surface area contributed by atoms with Crippen LogP contribution in [0.4, 0.5) is 0 Å². The highest BCUT2D eigenvalue weighted by Crippen LogP contribution is 1.26. The number of carbonyl (C=O) groups excluding carboxylic acids is 1. The van der Waals surface area contributed by atoms with Gasteiger partial charge in [0, 0.05) is 0 Å². The highest BCUT2D eigenvalue weighted by Gasteiger charge is 1.44. The van der Waals surface area contributed by atoms with Crippen molar-refractivity contribution >= 4 is 17.5 Å². The van der Waals surface area contributed by atoms with Gasteiger partial charge in [-0.25, -0.2) is 0 Å². The second-order valence-electron chi connectivity index (χ2n) is 0.287. The Hall–Kier alpha value is -0.200. The molecule has 0 rings (SSSR count). The zero-order valence-corrected chi connectivity index (χ0v) is 3.13. The van der Waals surface area contributed by atoms with Gasteiger partial charge in [-0.05, 0) is 0 Å². The van der Waals surface area contributed by atoms with E-state index in [1.807, 2.05) is 5.23 Å². The molecule has 0 aromatic carbocycles. The third kappa shape index (κ3) is 1.80. The summed E-state index contributed by atoms with van der Waals surface area (Å²) in [5, 5.41) is 2.01. The Labute approximate surface area is 29.9 Å². The molecule has 0 saturated carbocycles. The van der Waals surface area contributed by atoms with Crippen molar-refractivity contribution in [1.82, 2.24) is 0 Å². The van der Waals surface area contributed by atoms with Crippen LogP contribution in [0.5, 0.6) is 0 Å². The summed E-state index contributed by atoms with van der Waals surface area (Å²) in [6.45, 7) is 0. The van der Waals surface area contributed by atoms with E-state index in [0.717, 1.165) is 0 Å². The summed E-state index contributed by atoms with van der Waals surface area (Å²) in [6, 6.07) is 0. The molecular weight excluding hydrogens is 72.1 g/mol. The Morgan fingerprint density at radius 2 is 2.25 bits per heavy atom. The zero-order chi connectivity index (χ0) is 3.41. The minimum absolute atomic E-state index is 1.47. The predicted octanol–water partition coefficient (Wildman–Crippen LogP) is 0.417. The molecule has 1 nitrogen and oxygen atoms in total. The standard InChI is InChI=1S/C2H3OS/c1-3-2-4/h1H3/q+1.